The highest BCUT2D eigenvalue weighted by Crippen LogP contribution is 2.40. The molecule has 1 aromatic carbocycles. The molecule has 1 saturated heterocycles. The van der Waals surface area contributed by atoms with Gasteiger partial charge in [0.25, 0.3) is 0 Å². The van der Waals surface area contributed by atoms with E-state index >= 15 is 0 Å². The standard InChI is InChI=1S/C22H31N3O3/c1-22(2,3)13-28-19-8-4-7-18(27)20(19)17-10-15(14-6-5-9-24-11-14)16(12-26)21(23)25-17/h4,7-8,10,14,24,26-27H,5-6,9,11-13H2,1-3H3,(H2,23,25). The first-order valence-electron chi connectivity index (χ1n) is 9.86. The number of rotatable bonds is 5. The summed E-state index contributed by atoms with van der Waals surface area (Å²) in [5.41, 5.74) is 8.95. The molecule has 1 aromatic heterocycles. The number of aromatic nitrogens is 1. The lowest BCUT2D eigenvalue weighted by atomic mass is 9.87. The predicted molar refractivity (Wildman–Crippen MR) is 111 cm³/mol. The fraction of sp³-hybridized carbons (Fsp3) is 0.500. The van der Waals surface area contributed by atoms with Gasteiger partial charge in [-0.1, -0.05) is 26.8 Å². The Kier molecular flexibility index (Phi) is 6.10. The van der Waals surface area contributed by atoms with Gasteiger partial charge in [0.2, 0.25) is 0 Å². The third-order valence-electron chi connectivity index (χ3n) is 5.01. The molecule has 1 aliphatic heterocycles. The maximum Gasteiger partial charge on any atom is 0.132 e. The smallest absolute Gasteiger partial charge is 0.132 e. The topological polar surface area (TPSA) is 101 Å². The molecular formula is C22H31N3O3. The van der Waals surface area contributed by atoms with E-state index in [1.807, 2.05) is 12.1 Å². The minimum absolute atomic E-state index is 0.0190. The number of aromatic hydroxyl groups is 1. The van der Waals surface area contributed by atoms with Gasteiger partial charge in [-0.25, -0.2) is 4.98 Å². The molecule has 28 heavy (non-hydrogen) atoms. The van der Waals surface area contributed by atoms with Crippen molar-refractivity contribution in [1.29, 1.82) is 0 Å². The van der Waals surface area contributed by atoms with Crippen molar-refractivity contribution >= 4 is 5.82 Å². The Morgan fingerprint density at radius 1 is 1.32 bits per heavy atom. The van der Waals surface area contributed by atoms with E-state index in [9.17, 15) is 10.2 Å². The first kappa shape index (κ1) is 20.4. The number of piperidine rings is 1. The number of nitrogens with zero attached hydrogens (tertiary/aromatic N) is 1. The number of nitrogen functional groups attached to an aromatic ring is 1. The first-order chi connectivity index (χ1) is 13.3. The molecule has 1 fully saturated rings. The zero-order valence-electron chi connectivity index (χ0n) is 17.0. The van der Waals surface area contributed by atoms with E-state index in [2.05, 4.69) is 31.1 Å². The van der Waals surface area contributed by atoms with Crippen molar-refractivity contribution < 1.29 is 14.9 Å². The van der Waals surface area contributed by atoms with Crippen molar-refractivity contribution in [3.8, 4) is 22.8 Å². The molecule has 0 radical (unpaired) electrons. The quantitative estimate of drug-likeness (QED) is 0.629. The zero-order chi connectivity index (χ0) is 20.3. The normalized spacial score (nSPS) is 17.5. The third-order valence-corrected chi connectivity index (χ3v) is 5.01. The lowest BCUT2D eigenvalue weighted by Gasteiger charge is -2.26. The van der Waals surface area contributed by atoms with Crippen LogP contribution in [0.4, 0.5) is 5.82 Å². The first-order valence-corrected chi connectivity index (χ1v) is 9.86. The van der Waals surface area contributed by atoms with Crippen LogP contribution < -0.4 is 15.8 Å². The molecule has 5 N–H and O–H groups in total. The highest BCUT2D eigenvalue weighted by atomic mass is 16.5. The predicted octanol–water partition coefficient (Wildman–Crippen LogP) is 3.42. The zero-order valence-corrected chi connectivity index (χ0v) is 17.0. The fourth-order valence-corrected chi connectivity index (χ4v) is 3.59. The van der Waals surface area contributed by atoms with Gasteiger partial charge in [0.15, 0.2) is 0 Å². The molecule has 3 rings (SSSR count). The van der Waals surface area contributed by atoms with Crippen LogP contribution in [-0.2, 0) is 6.61 Å². The summed E-state index contributed by atoms with van der Waals surface area (Å²) in [6.07, 6.45) is 2.10. The summed E-state index contributed by atoms with van der Waals surface area (Å²) in [6.45, 7) is 8.47. The lowest BCUT2D eigenvalue weighted by molar-refractivity contribution is 0.198. The third kappa shape index (κ3) is 4.56. The van der Waals surface area contributed by atoms with E-state index in [-0.39, 0.29) is 23.7 Å². The number of hydrogen-bond donors (Lipinski definition) is 4. The largest absolute Gasteiger partial charge is 0.507 e. The Labute approximate surface area is 166 Å². The molecule has 6 heteroatoms. The summed E-state index contributed by atoms with van der Waals surface area (Å²) in [6, 6.07) is 7.16. The average molecular weight is 386 g/mol. The maximum atomic E-state index is 10.6. The van der Waals surface area contributed by atoms with Gasteiger partial charge in [-0.05, 0) is 54.5 Å². The minimum atomic E-state index is -0.154. The second-order valence-electron chi connectivity index (χ2n) is 8.66. The molecule has 6 nitrogen and oxygen atoms in total. The molecule has 0 amide bonds. The van der Waals surface area contributed by atoms with Crippen LogP contribution in [-0.4, -0.2) is 34.9 Å². The number of ether oxygens (including phenoxy) is 1. The van der Waals surface area contributed by atoms with Crippen molar-refractivity contribution in [1.82, 2.24) is 10.3 Å². The van der Waals surface area contributed by atoms with E-state index in [4.69, 9.17) is 10.5 Å². The van der Waals surface area contributed by atoms with E-state index in [1.54, 1.807) is 12.1 Å². The molecule has 0 bridgehead atoms. The van der Waals surface area contributed by atoms with Crippen LogP contribution in [0.25, 0.3) is 11.3 Å². The SMILES string of the molecule is CC(C)(C)COc1cccc(O)c1-c1cc(C2CCCNC2)c(CO)c(N)n1. The molecule has 0 spiro atoms. The van der Waals surface area contributed by atoms with Crippen molar-refractivity contribution in [3.63, 3.8) is 0 Å². The number of anilines is 1. The number of phenolic OH excluding ortho intramolecular Hbond substituents is 1. The van der Waals surface area contributed by atoms with E-state index in [0.717, 1.165) is 31.5 Å². The Bertz CT molecular complexity index is 825. The Morgan fingerprint density at radius 3 is 2.75 bits per heavy atom. The van der Waals surface area contributed by atoms with Crippen LogP contribution >= 0.6 is 0 Å². The number of aliphatic hydroxyl groups is 1. The summed E-state index contributed by atoms with van der Waals surface area (Å²) < 4.78 is 6.02. The van der Waals surface area contributed by atoms with Gasteiger partial charge in [0.1, 0.15) is 17.3 Å². The van der Waals surface area contributed by atoms with Crippen LogP contribution in [0.3, 0.4) is 0 Å². The molecule has 2 heterocycles. The van der Waals surface area contributed by atoms with Gasteiger partial charge < -0.3 is 26.0 Å². The molecule has 1 aliphatic rings. The Morgan fingerprint density at radius 2 is 2.11 bits per heavy atom. The number of nitrogens with one attached hydrogen (secondary N) is 1. The summed E-state index contributed by atoms with van der Waals surface area (Å²) in [7, 11) is 0. The van der Waals surface area contributed by atoms with E-state index in [1.165, 1.54) is 0 Å². The Hall–Kier alpha value is -2.31. The summed E-state index contributed by atoms with van der Waals surface area (Å²) >= 11 is 0. The van der Waals surface area contributed by atoms with Gasteiger partial charge in [-0.3, -0.25) is 0 Å². The number of hydrogen-bond acceptors (Lipinski definition) is 6. The van der Waals surface area contributed by atoms with Crippen LogP contribution in [0.15, 0.2) is 24.3 Å². The van der Waals surface area contributed by atoms with Gasteiger partial charge in [-0.2, -0.15) is 0 Å². The van der Waals surface area contributed by atoms with Crippen molar-refractivity contribution in [2.24, 2.45) is 5.41 Å². The molecule has 1 unspecified atom stereocenters. The molecule has 2 aromatic rings. The minimum Gasteiger partial charge on any atom is -0.507 e. The number of nitrogens with two attached hydrogens (primary N) is 1. The van der Waals surface area contributed by atoms with Crippen LogP contribution in [0.5, 0.6) is 11.5 Å². The number of phenols is 1. The van der Waals surface area contributed by atoms with Crippen LogP contribution in [0, 0.1) is 5.41 Å². The summed E-state index contributed by atoms with van der Waals surface area (Å²) in [5, 5.41) is 23.8. The van der Waals surface area contributed by atoms with Crippen molar-refractivity contribution in [2.75, 3.05) is 25.4 Å². The van der Waals surface area contributed by atoms with Crippen molar-refractivity contribution in [3.05, 3.63) is 35.4 Å². The monoisotopic (exact) mass is 385 g/mol. The Balaban J connectivity index is 2.07. The van der Waals surface area contributed by atoms with Gasteiger partial charge >= 0.3 is 0 Å². The van der Waals surface area contributed by atoms with E-state index in [0.29, 0.717) is 35.0 Å². The molecule has 0 aliphatic carbocycles. The number of pyridine rings is 1. The summed E-state index contributed by atoms with van der Waals surface area (Å²) in [5.74, 6) is 1.23. The van der Waals surface area contributed by atoms with Crippen LogP contribution in [0.2, 0.25) is 0 Å². The van der Waals surface area contributed by atoms with Crippen LogP contribution in [0.1, 0.15) is 50.7 Å². The van der Waals surface area contributed by atoms with E-state index < -0.39 is 0 Å². The molecule has 0 saturated carbocycles. The molecular weight excluding hydrogens is 354 g/mol. The fourth-order valence-electron chi connectivity index (χ4n) is 3.59. The lowest BCUT2D eigenvalue weighted by Crippen LogP contribution is -2.29. The van der Waals surface area contributed by atoms with Gasteiger partial charge in [0.05, 0.1) is 24.5 Å². The summed E-state index contributed by atoms with van der Waals surface area (Å²) in [4.78, 5) is 4.49. The van der Waals surface area contributed by atoms with Crippen molar-refractivity contribution in [2.45, 2.75) is 46.1 Å². The molecule has 1 atom stereocenters. The number of benzene rings is 1. The number of aliphatic hydroxyl groups excluding tert-OH is 1. The average Bonchev–Trinajstić information content (AvgIpc) is 2.66. The van der Waals surface area contributed by atoms with Gasteiger partial charge in [-0.15, -0.1) is 0 Å². The highest BCUT2D eigenvalue weighted by Gasteiger charge is 2.24. The second-order valence-corrected chi connectivity index (χ2v) is 8.66. The molecule has 152 valence electrons. The highest BCUT2D eigenvalue weighted by molar-refractivity contribution is 5.76. The maximum absolute atomic E-state index is 10.6. The second kappa shape index (κ2) is 8.37. The van der Waals surface area contributed by atoms with Gasteiger partial charge in [0, 0.05) is 12.1 Å².